The summed E-state index contributed by atoms with van der Waals surface area (Å²) in [6, 6.07) is 19.9. The summed E-state index contributed by atoms with van der Waals surface area (Å²) in [5.41, 5.74) is 1.28. The minimum atomic E-state index is -4.29. The number of rotatable bonds is 16. The molecule has 0 spiro atoms. The first-order chi connectivity index (χ1) is 22.2. The van der Waals surface area contributed by atoms with Gasteiger partial charge in [0, 0.05) is 18.7 Å². The van der Waals surface area contributed by atoms with Gasteiger partial charge < -0.3 is 24.4 Å². The first-order valence-corrected chi connectivity index (χ1v) is 17.3. The third kappa shape index (κ3) is 8.51. The van der Waals surface area contributed by atoms with E-state index in [0.29, 0.717) is 30.9 Å². The zero-order valence-corrected chi connectivity index (χ0v) is 27.9. The van der Waals surface area contributed by atoms with Crippen LogP contribution in [0.1, 0.15) is 51.5 Å². The van der Waals surface area contributed by atoms with E-state index in [9.17, 15) is 18.0 Å². The van der Waals surface area contributed by atoms with Crippen LogP contribution in [0.3, 0.4) is 0 Å². The molecule has 1 saturated carbocycles. The first-order valence-electron chi connectivity index (χ1n) is 15.8. The van der Waals surface area contributed by atoms with Gasteiger partial charge in [0.15, 0.2) is 11.5 Å². The number of hydrogen-bond acceptors (Lipinski definition) is 7. The molecule has 1 fully saturated rings. The molecule has 1 N–H and O–H groups in total. The number of carbonyl (C=O) groups is 2. The molecule has 0 saturated heterocycles. The van der Waals surface area contributed by atoms with E-state index in [0.717, 1.165) is 35.6 Å². The molecule has 10 nitrogen and oxygen atoms in total. The van der Waals surface area contributed by atoms with Crippen molar-refractivity contribution in [3.63, 3.8) is 0 Å². The van der Waals surface area contributed by atoms with Crippen molar-refractivity contribution in [1.82, 2.24) is 10.2 Å². The molecule has 0 aromatic heterocycles. The Bertz CT molecular complexity index is 1540. The van der Waals surface area contributed by atoms with Crippen molar-refractivity contribution >= 4 is 27.5 Å². The summed E-state index contributed by atoms with van der Waals surface area (Å²) in [4.78, 5) is 29.4. The van der Waals surface area contributed by atoms with Gasteiger partial charge >= 0.3 is 0 Å². The fourth-order valence-corrected chi connectivity index (χ4v) is 7.20. The molecule has 0 radical (unpaired) electrons. The highest BCUT2D eigenvalue weighted by Gasteiger charge is 2.34. The van der Waals surface area contributed by atoms with Crippen LogP contribution in [0.15, 0.2) is 77.7 Å². The Morgan fingerprint density at radius 1 is 0.913 bits per heavy atom. The van der Waals surface area contributed by atoms with Crippen LogP contribution in [0.25, 0.3) is 0 Å². The second kappa shape index (κ2) is 16.4. The number of sulfonamides is 1. The molecule has 0 bridgehead atoms. The molecule has 4 rings (SSSR count). The minimum absolute atomic E-state index is 0.0753. The highest BCUT2D eigenvalue weighted by Crippen LogP contribution is 2.33. The van der Waals surface area contributed by atoms with Gasteiger partial charge in [0.05, 0.1) is 31.4 Å². The maximum absolute atomic E-state index is 14.3. The average molecular weight is 652 g/mol. The van der Waals surface area contributed by atoms with Crippen LogP contribution in [0.4, 0.5) is 5.69 Å². The Hall–Kier alpha value is -4.25. The summed E-state index contributed by atoms with van der Waals surface area (Å²) >= 11 is 0. The van der Waals surface area contributed by atoms with Crippen molar-refractivity contribution in [2.45, 2.75) is 69.4 Å². The average Bonchev–Trinajstić information content (AvgIpc) is 3.59. The predicted molar refractivity (Wildman–Crippen MR) is 178 cm³/mol. The van der Waals surface area contributed by atoms with Crippen molar-refractivity contribution in [2.24, 2.45) is 0 Å². The predicted octanol–water partition coefficient (Wildman–Crippen LogP) is 5.21. The maximum atomic E-state index is 14.3. The Balaban J connectivity index is 1.71. The van der Waals surface area contributed by atoms with Gasteiger partial charge in [0.25, 0.3) is 10.0 Å². The van der Waals surface area contributed by atoms with Crippen LogP contribution in [-0.2, 0) is 26.0 Å². The van der Waals surface area contributed by atoms with Gasteiger partial charge in [-0.1, -0.05) is 50.1 Å². The molecule has 1 unspecified atom stereocenters. The van der Waals surface area contributed by atoms with Gasteiger partial charge in [-0.3, -0.25) is 13.9 Å². The number of anilines is 1. The van der Waals surface area contributed by atoms with E-state index >= 15 is 0 Å². The van der Waals surface area contributed by atoms with Crippen molar-refractivity contribution in [1.29, 1.82) is 0 Å². The van der Waals surface area contributed by atoms with Crippen molar-refractivity contribution in [3.05, 3.63) is 78.4 Å². The minimum Gasteiger partial charge on any atom is -0.494 e. The molecule has 1 atom stereocenters. The van der Waals surface area contributed by atoms with Gasteiger partial charge in [-0.2, -0.15) is 0 Å². The number of amides is 2. The maximum Gasteiger partial charge on any atom is 0.264 e. The lowest BCUT2D eigenvalue weighted by Gasteiger charge is -2.33. The Kier molecular flexibility index (Phi) is 12.3. The van der Waals surface area contributed by atoms with E-state index in [4.69, 9.17) is 14.2 Å². The van der Waals surface area contributed by atoms with Crippen molar-refractivity contribution < 1.29 is 32.2 Å². The number of nitrogens with one attached hydrogen (secondary N) is 1. The van der Waals surface area contributed by atoms with Gasteiger partial charge in [0.1, 0.15) is 18.3 Å². The van der Waals surface area contributed by atoms with Gasteiger partial charge in [-0.15, -0.1) is 0 Å². The van der Waals surface area contributed by atoms with Crippen LogP contribution in [0.5, 0.6) is 17.2 Å². The molecule has 2 amide bonds. The molecule has 3 aromatic rings. The zero-order chi connectivity index (χ0) is 33.1. The number of benzene rings is 3. The van der Waals surface area contributed by atoms with Crippen LogP contribution >= 0.6 is 0 Å². The number of ether oxygens (including phenoxy) is 3. The van der Waals surface area contributed by atoms with Gasteiger partial charge in [-0.05, 0) is 74.6 Å². The third-order valence-electron chi connectivity index (χ3n) is 8.23. The van der Waals surface area contributed by atoms with E-state index in [2.05, 4.69) is 5.32 Å². The van der Waals surface area contributed by atoms with Gasteiger partial charge in [-0.25, -0.2) is 8.42 Å². The zero-order valence-electron chi connectivity index (χ0n) is 27.1. The number of hydrogen-bond donors (Lipinski definition) is 1. The number of carbonyl (C=O) groups excluding carboxylic acids is 2. The largest absolute Gasteiger partial charge is 0.494 e. The molecule has 0 heterocycles. The number of methoxy groups -OCH3 is 2. The lowest BCUT2D eigenvalue weighted by atomic mass is 10.1. The molecule has 248 valence electrons. The van der Waals surface area contributed by atoms with E-state index in [1.54, 1.807) is 24.3 Å². The third-order valence-corrected chi connectivity index (χ3v) is 10.00. The normalized spacial score (nSPS) is 13.9. The lowest BCUT2D eigenvalue weighted by molar-refractivity contribution is -0.139. The summed E-state index contributed by atoms with van der Waals surface area (Å²) in [6.07, 6.45) is 4.83. The fourth-order valence-electron chi connectivity index (χ4n) is 5.77. The first kappa shape index (κ1) is 34.6. The standard InChI is InChI=1S/C35H45N3O7S/c1-5-31(35(40)36-27-14-10-11-15-27)37(23-22-26-12-8-7-9-13-26)34(39)25-38(28-16-18-29(19-17-28)45-6-2)46(41,42)30-20-21-32(43-3)33(24-30)44-4/h7-9,12-13,16-21,24,27,31H,5-6,10-11,14-15,22-23,25H2,1-4H3,(H,36,40). The van der Waals surface area contributed by atoms with Gasteiger partial charge in [0.2, 0.25) is 11.8 Å². The summed E-state index contributed by atoms with van der Waals surface area (Å²) in [7, 11) is -1.40. The molecule has 46 heavy (non-hydrogen) atoms. The molecule has 3 aromatic carbocycles. The topological polar surface area (TPSA) is 114 Å². The Labute approximate surface area is 272 Å². The van der Waals surface area contributed by atoms with Crippen molar-refractivity contribution in [2.75, 3.05) is 38.2 Å². The smallest absolute Gasteiger partial charge is 0.264 e. The summed E-state index contributed by atoms with van der Waals surface area (Å²) in [6.45, 7) is 3.90. The highest BCUT2D eigenvalue weighted by atomic mass is 32.2. The Morgan fingerprint density at radius 3 is 2.20 bits per heavy atom. The molecule has 1 aliphatic carbocycles. The lowest BCUT2D eigenvalue weighted by Crippen LogP contribution is -2.54. The molecule has 0 aliphatic heterocycles. The van der Waals surface area contributed by atoms with Crippen LogP contribution in [0, 0.1) is 0 Å². The summed E-state index contributed by atoms with van der Waals surface area (Å²) < 4.78 is 45.9. The second-order valence-electron chi connectivity index (χ2n) is 11.2. The molecule has 1 aliphatic rings. The number of nitrogens with zero attached hydrogens (tertiary/aromatic N) is 2. The van der Waals surface area contributed by atoms with Crippen molar-refractivity contribution in [3.8, 4) is 17.2 Å². The van der Waals surface area contributed by atoms with E-state index < -0.39 is 28.5 Å². The van der Waals surface area contributed by atoms with Crippen LogP contribution < -0.4 is 23.8 Å². The van der Waals surface area contributed by atoms with Crippen LogP contribution in [-0.4, -0.2) is 71.1 Å². The molecular formula is C35H45N3O7S. The quantitative estimate of drug-likeness (QED) is 0.226. The van der Waals surface area contributed by atoms with E-state index in [-0.39, 0.29) is 34.8 Å². The fraction of sp³-hybridized carbons (Fsp3) is 0.429. The summed E-state index contributed by atoms with van der Waals surface area (Å²) in [5, 5.41) is 3.14. The highest BCUT2D eigenvalue weighted by molar-refractivity contribution is 7.92. The summed E-state index contributed by atoms with van der Waals surface area (Å²) in [5.74, 6) is 0.477. The second-order valence-corrected chi connectivity index (χ2v) is 13.1. The van der Waals surface area contributed by atoms with E-state index in [1.165, 1.54) is 37.3 Å². The molecular weight excluding hydrogens is 606 g/mol. The van der Waals surface area contributed by atoms with E-state index in [1.807, 2.05) is 44.2 Å². The Morgan fingerprint density at radius 2 is 1.59 bits per heavy atom. The monoisotopic (exact) mass is 651 g/mol. The van der Waals surface area contributed by atoms with Crippen LogP contribution in [0.2, 0.25) is 0 Å². The molecule has 11 heteroatoms. The SMILES string of the molecule is CCOc1ccc(N(CC(=O)N(CCc2ccccc2)C(CC)C(=O)NC2CCCC2)S(=O)(=O)c2ccc(OC)c(OC)c2)cc1.